The van der Waals surface area contributed by atoms with Crippen LogP contribution in [0.25, 0.3) is 0 Å². The molecule has 2 aliphatic heterocycles. The first-order chi connectivity index (χ1) is 12.7. The van der Waals surface area contributed by atoms with E-state index in [2.05, 4.69) is 0 Å². The van der Waals surface area contributed by atoms with Crippen molar-refractivity contribution >= 4 is 0 Å². The Morgan fingerprint density at radius 3 is 1.92 bits per heavy atom. The normalized spacial score (nSPS) is 35.2. The van der Waals surface area contributed by atoms with Crippen LogP contribution in [0.3, 0.4) is 0 Å². The third-order valence-corrected chi connectivity index (χ3v) is 4.65. The molecule has 0 radical (unpaired) electrons. The number of aliphatic hydroxyl groups is 2. The van der Waals surface area contributed by atoms with Crippen LogP contribution in [-0.4, -0.2) is 47.8 Å². The Hall–Kier alpha value is -1.80. The highest BCUT2D eigenvalue weighted by Crippen LogP contribution is 2.34. The molecule has 2 unspecified atom stereocenters. The van der Waals surface area contributed by atoms with Crippen molar-refractivity contribution in [2.24, 2.45) is 0 Å². The second-order valence-corrected chi connectivity index (χ2v) is 6.49. The Bertz CT molecular complexity index is 694. The van der Waals surface area contributed by atoms with Gasteiger partial charge in [0.25, 0.3) is 0 Å². The number of rotatable bonds is 2. The second-order valence-electron chi connectivity index (χ2n) is 6.49. The lowest BCUT2D eigenvalue weighted by Crippen LogP contribution is -2.54. The van der Waals surface area contributed by atoms with Crippen LogP contribution in [0.15, 0.2) is 60.7 Å². The summed E-state index contributed by atoms with van der Waals surface area (Å²) in [4.78, 5) is 0. The first-order valence-electron chi connectivity index (χ1n) is 8.72. The number of fused-ring (bicyclic) bond motifs is 2. The Balaban J connectivity index is 1.56. The van der Waals surface area contributed by atoms with Gasteiger partial charge in [-0.1, -0.05) is 60.7 Å². The fourth-order valence-corrected chi connectivity index (χ4v) is 3.24. The first-order valence-corrected chi connectivity index (χ1v) is 8.72. The van der Waals surface area contributed by atoms with Gasteiger partial charge in [0.2, 0.25) is 0 Å². The van der Waals surface area contributed by atoms with Crippen LogP contribution in [-0.2, 0) is 18.9 Å². The molecule has 0 amide bonds. The minimum atomic E-state index is -1.01. The molecule has 6 atom stereocenters. The van der Waals surface area contributed by atoms with Crippen molar-refractivity contribution in [3.63, 3.8) is 0 Å². The van der Waals surface area contributed by atoms with E-state index in [1.54, 1.807) is 0 Å². The minimum Gasteiger partial charge on any atom is -0.388 e. The van der Waals surface area contributed by atoms with Crippen molar-refractivity contribution in [1.29, 1.82) is 0 Å². The average Bonchev–Trinajstić information content (AvgIpc) is 2.72. The van der Waals surface area contributed by atoms with Crippen molar-refractivity contribution < 1.29 is 29.2 Å². The summed E-state index contributed by atoms with van der Waals surface area (Å²) in [6.45, 7) is 0.103. The maximum absolute atomic E-state index is 10.6. The number of benzene rings is 2. The van der Waals surface area contributed by atoms with Gasteiger partial charge in [0.05, 0.1) is 13.2 Å². The van der Waals surface area contributed by atoms with E-state index in [-0.39, 0.29) is 13.2 Å². The smallest absolute Gasteiger partial charge is 0.184 e. The predicted octanol–water partition coefficient (Wildman–Crippen LogP) is 1.94. The molecule has 2 aliphatic rings. The van der Waals surface area contributed by atoms with Crippen molar-refractivity contribution in [2.75, 3.05) is 13.2 Å². The largest absolute Gasteiger partial charge is 0.388 e. The van der Waals surface area contributed by atoms with Crippen LogP contribution in [0.1, 0.15) is 23.7 Å². The highest BCUT2D eigenvalue weighted by molar-refractivity contribution is 5.17. The first kappa shape index (κ1) is 17.6. The quantitative estimate of drug-likeness (QED) is 0.854. The molecule has 2 bridgehead atoms. The highest BCUT2D eigenvalue weighted by atomic mass is 16.7. The van der Waals surface area contributed by atoms with E-state index in [9.17, 15) is 10.2 Å². The maximum Gasteiger partial charge on any atom is 0.184 e. The molecule has 6 nitrogen and oxygen atoms in total. The molecule has 2 N–H and O–H groups in total. The summed E-state index contributed by atoms with van der Waals surface area (Å²) in [6, 6.07) is 18.9. The van der Waals surface area contributed by atoms with Gasteiger partial charge in [0, 0.05) is 11.1 Å². The molecule has 2 aromatic carbocycles. The van der Waals surface area contributed by atoms with Crippen LogP contribution in [0.2, 0.25) is 0 Å². The number of aliphatic hydroxyl groups excluding tert-OH is 2. The summed E-state index contributed by atoms with van der Waals surface area (Å²) in [5, 5.41) is 21.1. The standard InChI is InChI=1S/C20H22O6/c21-15-11-23-19(13-7-3-1-4-8-13)24-12-16-17(22)18(15)26-20(25-16)14-9-5-2-6-10-14/h1-10,15-22H,11-12H2/t15-,16+,17+,18+,19?,20?/m1/s1. The molecule has 2 fully saturated rings. The summed E-state index contributed by atoms with van der Waals surface area (Å²) < 4.78 is 23.4. The van der Waals surface area contributed by atoms with Gasteiger partial charge in [-0.25, -0.2) is 0 Å². The summed E-state index contributed by atoms with van der Waals surface area (Å²) in [6.07, 6.45) is -4.80. The zero-order valence-electron chi connectivity index (χ0n) is 14.2. The van der Waals surface area contributed by atoms with E-state index >= 15 is 0 Å². The molecule has 138 valence electrons. The van der Waals surface area contributed by atoms with E-state index in [0.717, 1.165) is 11.1 Å². The van der Waals surface area contributed by atoms with Gasteiger partial charge in [-0.05, 0) is 0 Å². The van der Waals surface area contributed by atoms with Crippen LogP contribution in [0.4, 0.5) is 0 Å². The molecular weight excluding hydrogens is 336 g/mol. The van der Waals surface area contributed by atoms with Crippen LogP contribution in [0.5, 0.6) is 0 Å². The van der Waals surface area contributed by atoms with Gasteiger partial charge in [-0.15, -0.1) is 0 Å². The SMILES string of the molecule is O[C@@H]1[C@H]2OC(c3ccccc3)O[C@H]1COC(c1ccccc1)OC[C@H]2O. The van der Waals surface area contributed by atoms with Gasteiger partial charge < -0.3 is 29.2 Å². The fourth-order valence-electron chi connectivity index (χ4n) is 3.24. The Labute approximate surface area is 151 Å². The van der Waals surface area contributed by atoms with Crippen LogP contribution < -0.4 is 0 Å². The topological polar surface area (TPSA) is 77.4 Å². The highest BCUT2D eigenvalue weighted by Gasteiger charge is 2.44. The van der Waals surface area contributed by atoms with E-state index < -0.39 is 37.0 Å². The molecule has 2 saturated heterocycles. The van der Waals surface area contributed by atoms with Crippen molar-refractivity contribution in [3.05, 3.63) is 71.8 Å². The number of ether oxygens (including phenoxy) is 4. The zero-order valence-corrected chi connectivity index (χ0v) is 14.2. The van der Waals surface area contributed by atoms with Crippen molar-refractivity contribution in [2.45, 2.75) is 37.0 Å². The number of hydrogen-bond acceptors (Lipinski definition) is 6. The van der Waals surface area contributed by atoms with Crippen LogP contribution in [0, 0.1) is 0 Å². The van der Waals surface area contributed by atoms with E-state index in [0.29, 0.717) is 0 Å². The molecule has 0 aliphatic carbocycles. The monoisotopic (exact) mass is 358 g/mol. The van der Waals surface area contributed by atoms with Gasteiger partial charge in [0.15, 0.2) is 12.6 Å². The number of hydrogen-bond donors (Lipinski definition) is 2. The Kier molecular flexibility index (Phi) is 5.31. The van der Waals surface area contributed by atoms with Crippen LogP contribution >= 0.6 is 0 Å². The molecular formula is C20H22O6. The summed E-state index contributed by atoms with van der Waals surface area (Å²) in [5.74, 6) is 0. The summed E-state index contributed by atoms with van der Waals surface area (Å²) in [7, 11) is 0. The van der Waals surface area contributed by atoms with Gasteiger partial charge in [-0.3, -0.25) is 0 Å². The Morgan fingerprint density at radius 1 is 0.692 bits per heavy atom. The maximum atomic E-state index is 10.6. The molecule has 6 heteroatoms. The average molecular weight is 358 g/mol. The van der Waals surface area contributed by atoms with E-state index in [1.165, 1.54) is 0 Å². The molecule has 2 heterocycles. The second kappa shape index (κ2) is 7.84. The minimum absolute atomic E-state index is 0.0183. The lowest BCUT2D eigenvalue weighted by molar-refractivity contribution is -0.308. The van der Waals surface area contributed by atoms with E-state index in [4.69, 9.17) is 18.9 Å². The fraction of sp³-hybridized carbons (Fsp3) is 0.400. The van der Waals surface area contributed by atoms with Gasteiger partial charge >= 0.3 is 0 Å². The van der Waals surface area contributed by atoms with Crippen molar-refractivity contribution in [3.8, 4) is 0 Å². The van der Waals surface area contributed by atoms with Gasteiger partial charge in [0.1, 0.15) is 24.4 Å². The molecule has 2 aromatic rings. The molecule has 0 spiro atoms. The lowest BCUT2D eigenvalue weighted by Gasteiger charge is -2.40. The molecule has 0 aromatic heterocycles. The third-order valence-electron chi connectivity index (χ3n) is 4.65. The lowest BCUT2D eigenvalue weighted by atomic mass is 10.0. The molecule has 26 heavy (non-hydrogen) atoms. The Morgan fingerprint density at radius 2 is 1.27 bits per heavy atom. The van der Waals surface area contributed by atoms with E-state index in [1.807, 2.05) is 60.7 Å². The summed E-state index contributed by atoms with van der Waals surface area (Å²) in [5.41, 5.74) is 1.66. The molecule has 4 rings (SSSR count). The third kappa shape index (κ3) is 3.66. The van der Waals surface area contributed by atoms with Crippen molar-refractivity contribution in [1.82, 2.24) is 0 Å². The zero-order chi connectivity index (χ0) is 17.9. The molecule has 0 saturated carbocycles. The van der Waals surface area contributed by atoms with Gasteiger partial charge in [-0.2, -0.15) is 0 Å². The predicted molar refractivity (Wildman–Crippen MR) is 92.0 cm³/mol. The summed E-state index contributed by atoms with van der Waals surface area (Å²) >= 11 is 0.